The minimum atomic E-state index is -0.0784. The maximum Gasteiger partial charge on any atom is 0.228 e. The SMILES string of the molecule is Cc1ccc(CN2C(=O)CCc3c(C)nc([C@H]4CCCN4C(=O)C4CCCC4)nc32)cc1. The lowest BCUT2D eigenvalue weighted by Crippen LogP contribution is -2.38. The van der Waals surface area contributed by atoms with Crippen LogP contribution in [-0.2, 0) is 22.6 Å². The lowest BCUT2D eigenvalue weighted by Gasteiger charge is -2.31. The van der Waals surface area contributed by atoms with Crippen molar-refractivity contribution in [3.63, 3.8) is 0 Å². The molecule has 2 aromatic rings. The van der Waals surface area contributed by atoms with Gasteiger partial charge in [-0.1, -0.05) is 42.7 Å². The maximum absolute atomic E-state index is 13.2. The van der Waals surface area contributed by atoms with Crippen molar-refractivity contribution in [2.45, 2.75) is 77.8 Å². The minimum Gasteiger partial charge on any atom is -0.332 e. The second-order valence-electron chi connectivity index (χ2n) is 9.61. The van der Waals surface area contributed by atoms with E-state index in [1.807, 2.05) is 16.7 Å². The number of amides is 2. The van der Waals surface area contributed by atoms with Gasteiger partial charge in [0.05, 0.1) is 12.6 Å². The Kier molecular flexibility index (Phi) is 5.70. The van der Waals surface area contributed by atoms with Crippen molar-refractivity contribution in [3.8, 4) is 0 Å². The van der Waals surface area contributed by atoms with E-state index in [1.165, 1.54) is 5.56 Å². The summed E-state index contributed by atoms with van der Waals surface area (Å²) in [4.78, 5) is 39.8. The highest BCUT2D eigenvalue weighted by molar-refractivity contribution is 5.95. The Hall–Kier alpha value is -2.76. The summed E-state index contributed by atoms with van der Waals surface area (Å²) in [5.41, 5.74) is 4.29. The number of benzene rings is 1. The summed E-state index contributed by atoms with van der Waals surface area (Å²) in [5, 5.41) is 0. The molecule has 3 aliphatic rings. The molecule has 1 saturated carbocycles. The van der Waals surface area contributed by atoms with Gasteiger partial charge in [0.1, 0.15) is 5.82 Å². The summed E-state index contributed by atoms with van der Waals surface area (Å²) < 4.78 is 0. The zero-order valence-corrected chi connectivity index (χ0v) is 19.1. The van der Waals surface area contributed by atoms with E-state index in [2.05, 4.69) is 31.2 Å². The molecule has 0 spiro atoms. The van der Waals surface area contributed by atoms with Gasteiger partial charge in [0.15, 0.2) is 5.82 Å². The number of anilines is 1. The molecule has 1 aromatic carbocycles. The fourth-order valence-electron chi connectivity index (χ4n) is 5.50. The van der Waals surface area contributed by atoms with Gasteiger partial charge in [-0.15, -0.1) is 0 Å². The molecule has 1 aliphatic carbocycles. The van der Waals surface area contributed by atoms with Gasteiger partial charge in [-0.05, 0) is 51.5 Å². The zero-order chi connectivity index (χ0) is 22.2. The molecule has 1 aromatic heterocycles. The highest BCUT2D eigenvalue weighted by Gasteiger charge is 2.38. The van der Waals surface area contributed by atoms with Crippen LogP contribution in [0.4, 0.5) is 5.82 Å². The number of likely N-dealkylation sites (tertiary alicyclic amines) is 1. The largest absolute Gasteiger partial charge is 0.332 e. The third kappa shape index (κ3) is 3.91. The summed E-state index contributed by atoms with van der Waals surface area (Å²) >= 11 is 0. The number of fused-ring (bicyclic) bond motifs is 1. The molecule has 0 bridgehead atoms. The van der Waals surface area contributed by atoms with Gasteiger partial charge in [0.25, 0.3) is 0 Å². The van der Waals surface area contributed by atoms with Gasteiger partial charge in [-0.25, -0.2) is 9.97 Å². The molecule has 1 atom stereocenters. The Morgan fingerprint density at radius 3 is 2.50 bits per heavy atom. The van der Waals surface area contributed by atoms with E-state index in [0.717, 1.165) is 67.7 Å². The topological polar surface area (TPSA) is 66.4 Å². The standard InChI is InChI=1S/C26H32N4O2/c1-17-9-11-19(12-10-17)16-30-23(31)14-13-21-18(2)27-24(28-25(21)30)22-8-5-15-29(22)26(32)20-6-3-4-7-20/h9-12,20,22H,3-8,13-16H2,1-2H3/t22-/m1/s1. The van der Waals surface area contributed by atoms with Gasteiger partial charge >= 0.3 is 0 Å². The first-order valence-electron chi connectivity index (χ1n) is 12.0. The molecule has 2 aliphatic heterocycles. The Morgan fingerprint density at radius 2 is 1.75 bits per heavy atom. The van der Waals surface area contributed by atoms with Crippen molar-refractivity contribution in [2.75, 3.05) is 11.4 Å². The van der Waals surface area contributed by atoms with Crippen LogP contribution in [0.25, 0.3) is 0 Å². The third-order valence-electron chi connectivity index (χ3n) is 7.35. The first kappa shape index (κ1) is 21.1. The van der Waals surface area contributed by atoms with Crippen molar-refractivity contribution in [3.05, 3.63) is 52.5 Å². The van der Waals surface area contributed by atoms with Crippen LogP contribution in [0.1, 0.15) is 79.2 Å². The average Bonchev–Trinajstić information content (AvgIpc) is 3.49. The molecule has 5 rings (SSSR count). The first-order valence-corrected chi connectivity index (χ1v) is 12.0. The minimum absolute atomic E-state index is 0.0784. The molecule has 0 N–H and O–H groups in total. The van der Waals surface area contributed by atoms with Crippen molar-refractivity contribution in [1.29, 1.82) is 0 Å². The van der Waals surface area contributed by atoms with E-state index in [4.69, 9.17) is 9.97 Å². The van der Waals surface area contributed by atoms with E-state index in [0.29, 0.717) is 25.2 Å². The second-order valence-corrected chi connectivity index (χ2v) is 9.61. The van der Waals surface area contributed by atoms with Crippen molar-refractivity contribution in [2.24, 2.45) is 5.92 Å². The molecule has 6 heteroatoms. The number of aryl methyl sites for hydroxylation is 2. The van der Waals surface area contributed by atoms with Crippen molar-refractivity contribution in [1.82, 2.24) is 14.9 Å². The maximum atomic E-state index is 13.2. The number of aromatic nitrogens is 2. The van der Waals surface area contributed by atoms with Crippen molar-refractivity contribution < 1.29 is 9.59 Å². The molecule has 0 unspecified atom stereocenters. The monoisotopic (exact) mass is 432 g/mol. The Morgan fingerprint density at radius 1 is 1.00 bits per heavy atom. The van der Waals surface area contributed by atoms with Crippen LogP contribution in [0.3, 0.4) is 0 Å². The molecule has 2 amide bonds. The summed E-state index contributed by atoms with van der Waals surface area (Å²) in [7, 11) is 0. The van der Waals surface area contributed by atoms with E-state index in [-0.39, 0.29) is 23.8 Å². The van der Waals surface area contributed by atoms with Crippen LogP contribution in [-0.4, -0.2) is 33.2 Å². The molecule has 32 heavy (non-hydrogen) atoms. The Bertz CT molecular complexity index is 1030. The summed E-state index contributed by atoms with van der Waals surface area (Å²) in [6.07, 6.45) is 7.35. The molecule has 3 heterocycles. The van der Waals surface area contributed by atoms with Gasteiger partial charge < -0.3 is 4.90 Å². The predicted octanol–water partition coefficient (Wildman–Crippen LogP) is 4.43. The molecule has 2 fully saturated rings. The number of hydrogen-bond acceptors (Lipinski definition) is 4. The van der Waals surface area contributed by atoms with Crippen molar-refractivity contribution >= 4 is 17.6 Å². The number of nitrogens with zero attached hydrogens (tertiary/aromatic N) is 4. The van der Waals surface area contributed by atoms with Crippen LogP contribution in [0.5, 0.6) is 0 Å². The van der Waals surface area contributed by atoms with Crippen LogP contribution < -0.4 is 4.90 Å². The molecule has 168 valence electrons. The summed E-state index contributed by atoms with van der Waals surface area (Å²) in [6, 6.07) is 8.22. The van der Waals surface area contributed by atoms with Gasteiger partial charge in [-0.3, -0.25) is 14.5 Å². The van der Waals surface area contributed by atoms with Gasteiger partial charge in [0, 0.05) is 30.1 Å². The lowest BCUT2D eigenvalue weighted by atomic mass is 10.0. The van der Waals surface area contributed by atoms with E-state index in [1.54, 1.807) is 0 Å². The fourth-order valence-corrected chi connectivity index (χ4v) is 5.50. The number of carbonyl (C=O) groups excluding carboxylic acids is 2. The van der Waals surface area contributed by atoms with Gasteiger partial charge in [-0.2, -0.15) is 0 Å². The lowest BCUT2D eigenvalue weighted by molar-refractivity contribution is -0.136. The molecular formula is C26H32N4O2. The number of carbonyl (C=O) groups is 2. The highest BCUT2D eigenvalue weighted by Crippen LogP contribution is 2.37. The van der Waals surface area contributed by atoms with Crippen LogP contribution in [0.2, 0.25) is 0 Å². The zero-order valence-electron chi connectivity index (χ0n) is 19.1. The summed E-state index contributed by atoms with van der Waals surface area (Å²) in [6.45, 7) is 5.37. The Balaban J connectivity index is 1.47. The van der Waals surface area contributed by atoms with Crippen LogP contribution in [0, 0.1) is 19.8 Å². The molecular weight excluding hydrogens is 400 g/mol. The van der Waals surface area contributed by atoms with Gasteiger partial charge in [0.2, 0.25) is 11.8 Å². The Labute approximate surface area is 190 Å². The quantitative estimate of drug-likeness (QED) is 0.717. The van der Waals surface area contributed by atoms with Crippen LogP contribution in [0.15, 0.2) is 24.3 Å². The van der Waals surface area contributed by atoms with E-state index < -0.39 is 0 Å². The normalized spacial score (nSPS) is 21.3. The second kappa shape index (κ2) is 8.64. The third-order valence-corrected chi connectivity index (χ3v) is 7.35. The summed E-state index contributed by atoms with van der Waals surface area (Å²) in [5.74, 6) is 1.98. The number of hydrogen-bond donors (Lipinski definition) is 0. The highest BCUT2D eigenvalue weighted by atomic mass is 16.2. The predicted molar refractivity (Wildman–Crippen MR) is 123 cm³/mol. The number of rotatable bonds is 4. The molecule has 6 nitrogen and oxygen atoms in total. The fraction of sp³-hybridized carbons (Fsp3) is 0.538. The first-order chi connectivity index (χ1) is 15.5. The van der Waals surface area contributed by atoms with E-state index >= 15 is 0 Å². The molecule has 1 saturated heterocycles. The molecule has 0 radical (unpaired) electrons. The average molecular weight is 433 g/mol. The van der Waals surface area contributed by atoms with Crippen LogP contribution >= 0.6 is 0 Å². The smallest absolute Gasteiger partial charge is 0.228 e. The van der Waals surface area contributed by atoms with E-state index in [9.17, 15) is 9.59 Å².